The van der Waals surface area contributed by atoms with Gasteiger partial charge in [-0.05, 0) is 55.8 Å². The number of hydrogen-bond acceptors (Lipinski definition) is 7. The predicted octanol–water partition coefficient (Wildman–Crippen LogP) is 1.55. The molecule has 30 heavy (non-hydrogen) atoms. The first-order chi connectivity index (χ1) is 14.6. The van der Waals surface area contributed by atoms with E-state index < -0.39 is 6.10 Å². The van der Waals surface area contributed by atoms with Gasteiger partial charge in [0.1, 0.15) is 30.5 Å². The number of hydrogen-bond donors (Lipinski definition) is 3. The number of benzene rings is 1. The number of rotatable bonds is 9. The molecular weight excluding hydrogens is 388 g/mol. The van der Waals surface area contributed by atoms with Crippen molar-refractivity contribution in [3.63, 3.8) is 0 Å². The van der Waals surface area contributed by atoms with Crippen molar-refractivity contribution in [1.29, 1.82) is 0 Å². The van der Waals surface area contributed by atoms with Crippen LogP contribution < -0.4 is 10.1 Å². The van der Waals surface area contributed by atoms with E-state index in [-0.39, 0.29) is 18.6 Å². The second kappa shape index (κ2) is 11.1. The molecule has 0 spiro atoms. The summed E-state index contributed by atoms with van der Waals surface area (Å²) in [5, 5.41) is 22.6. The Labute approximate surface area is 176 Å². The minimum absolute atomic E-state index is 0.131. The molecule has 1 aliphatic rings. The fourth-order valence-electron chi connectivity index (χ4n) is 3.51. The van der Waals surface area contributed by atoms with Crippen LogP contribution in [0.2, 0.25) is 0 Å². The number of nitrogens with one attached hydrogen (secondary N) is 1. The van der Waals surface area contributed by atoms with Gasteiger partial charge in [0.2, 0.25) is 0 Å². The van der Waals surface area contributed by atoms with Crippen LogP contribution in [0.4, 0.5) is 0 Å². The molecule has 2 unspecified atom stereocenters. The highest BCUT2D eigenvalue weighted by Crippen LogP contribution is 2.18. The van der Waals surface area contributed by atoms with Crippen molar-refractivity contribution in [2.45, 2.75) is 38.1 Å². The Kier molecular flexibility index (Phi) is 8.27. The minimum atomic E-state index is -0.611. The van der Waals surface area contributed by atoms with Crippen LogP contribution in [0.25, 0.3) is 0 Å². The van der Waals surface area contributed by atoms with Gasteiger partial charge in [0.05, 0.1) is 25.3 Å². The second-order valence-corrected chi connectivity index (χ2v) is 7.42. The number of amides is 1. The summed E-state index contributed by atoms with van der Waals surface area (Å²) in [4.78, 5) is 14.8. The maximum Gasteiger partial charge on any atom is 0.251 e. The van der Waals surface area contributed by atoms with Crippen LogP contribution in [0.3, 0.4) is 0 Å². The molecule has 0 saturated carbocycles. The first-order valence-electron chi connectivity index (χ1n) is 10.2. The van der Waals surface area contributed by atoms with Gasteiger partial charge in [0.25, 0.3) is 5.91 Å². The third-order valence-electron chi connectivity index (χ3n) is 5.14. The van der Waals surface area contributed by atoms with Gasteiger partial charge in [-0.1, -0.05) is 0 Å². The lowest BCUT2D eigenvalue weighted by molar-refractivity contribution is 0.0794. The van der Waals surface area contributed by atoms with Crippen LogP contribution in [-0.2, 0) is 17.9 Å². The molecule has 1 fully saturated rings. The zero-order valence-electron chi connectivity index (χ0n) is 17.3. The highest BCUT2D eigenvalue weighted by molar-refractivity contribution is 5.94. The Balaban J connectivity index is 1.58. The number of likely N-dealkylation sites (tertiary alicyclic amines) is 1. The fourth-order valence-corrected chi connectivity index (χ4v) is 3.51. The molecule has 1 aromatic heterocycles. The zero-order valence-corrected chi connectivity index (χ0v) is 17.3. The van der Waals surface area contributed by atoms with E-state index in [1.165, 1.54) is 0 Å². The highest BCUT2D eigenvalue weighted by Gasteiger charge is 2.27. The third-order valence-corrected chi connectivity index (χ3v) is 5.14. The van der Waals surface area contributed by atoms with E-state index >= 15 is 0 Å². The maximum absolute atomic E-state index is 12.7. The molecule has 0 bridgehead atoms. The normalized spacial score (nSPS) is 20.0. The lowest BCUT2D eigenvalue weighted by Crippen LogP contribution is -2.48. The van der Waals surface area contributed by atoms with E-state index in [2.05, 4.69) is 10.2 Å². The summed E-state index contributed by atoms with van der Waals surface area (Å²) in [6.07, 6.45) is 0.836. The Hall–Kier alpha value is -2.39. The summed E-state index contributed by atoms with van der Waals surface area (Å²) in [6.45, 7) is 2.69. The van der Waals surface area contributed by atoms with Crippen molar-refractivity contribution in [3.05, 3.63) is 53.5 Å². The van der Waals surface area contributed by atoms with Gasteiger partial charge < -0.3 is 29.4 Å². The van der Waals surface area contributed by atoms with E-state index in [0.717, 1.165) is 18.7 Å². The predicted molar refractivity (Wildman–Crippen MR) is 110 cm³/mol. The van der Waals surface area contributed by atoms with Crippen molar-refractivity contribution < 1.29 is 28.9 Å². The molecule has 1 amide bonds. The van der Waals surface area contributed by atoms with E-state index in [1.54, 1.807) is 37.4 Å². The number of furan rings is 1. The van der Waals surface area contributed by atoms with Gasteiger partial charge >= 0.3 is 0 Å². The molecule has 3 rings (SSSR count). The molecule has 1 aliphatic heterocycles. The molecule has 8 nitrogen and oxygen atoms in total. The van der Waals surface area contributed by atoms with E-state index in [9.17, 15) is 9.90 Å². The average Bonchev–Trinajstić information content (AvgIpc) is 3.13. The first kappa shape index (κ1) is 22.3. The lowest BCUT2D eigenvalue weighted by atomic mass is 10.1. The molecular formula is C22H30N2O6. The van der Waals surface area contributed by atoms with Crippen LogP contribution in [0, 0.1) is 0 Å². The van der Waals surface area contributed by atoms with Gasteiger partial charge in [-0.2, -0.15) is 0 Å². The minimum Gasteiger partial charge on any atom is -0.491 e. The van der Waals surface area contributed by atoms with Crippen LogP contribution in [-0.4, -0.2) is 66.6 Å². The highest BCUT2D eigenvalue weighted by atomic mass is 16.5. The van der Waals surface area contributed by atoms with Crippen molar-refractivity contribution in [3.8, 4) is 5.75 Å². The summed E-state index contributed by atoms with van der Waals surface area (Å²) in [6, 6.07) is 10.1. The van der Waals surface area contributed by atoms with Crippen LogP contribution >= 0.6 is 0 Å². The SMILES string of the molecule is COCCOc1ccc(C(=O)NC2CN(Cc3ccc(CO)o3)CCCC2O)cc1. The Morgan fingerprint density at radius 2 is 1.97 bits per heavy atom. The van der Waals surface area contributed by atoms with Gasteiger partial charge in [-0.3, -0.25) is 9.69 Å². The number of ether oxygens (including phenoxy) is 2. The number of nitrogens with zero attached hydrogens (tertiary/aromatic N) is 1. The van der Waals surface area contributed by atoms with Crippen molar-refractivity contribution in [1.82, 2.24) is 10.2 Å². The van der Waals surface area contributed by atoms with Crippen molar-refractivity contribution in [2.75, 3.05) is 33.4 Å². The van der Waals surface area contributed by atoms with Gasteiger partial charge in [0.15, 0.2) is 0 Å². The first-order valence-corrected chi connectivity index (χ1v) is 10.2. The summed E-state index contributed by atoms with van der Waals surface area (Å²) in [7, 11) is 1.61. The summed E-state index contributed by atoms with van der Waals surface area (Å²) in [5.41, 5.74) is 0.510. The number of aliphatic hydroxyl groups excluding tert-OH is 2. The van der Waals surface area contributed by atoms with E-state index in [0.29, 0.717) is 49.8 Å². The topological polar surface area (TPSA) is 104 Å². The Morgan fingerprint density at radius 3 is 2.67 bits per heavy atom. The molecule has 1 saturated heterocycles. The van der Waals surface area contributed by atoms with Crippen LogP contribution in [0.1, 0.15) is 34.7 Å². The summed E-state index contributed by atoms with van der Waals surface area (Å²) < 4.78 is 16.0. The molecule has 1 aromatic carbocycles. The molecule has 3 N–H and O–H groups in total. The lowest BCUT2D eigenvalue weighted by Gasteiger charge is -2.26. The summed E-state index contributed by atoms with van der Waals surface area (Å²) >= 11 is 0. The number of aliphatic hydroxyl groups is 2. The Bertz CT molecular complexity index is 791. The number of methoxy groups -OCH3 is 1. The molecule has 0 radical (unpaired) electrons. The average molecular weight is 418 g/mol. The summed E-state index contributed by atoms with van der Waals surface area (Å²) in [5.74, 6) is 1.72. The molecule has 8 heteroatoms. The molecule has 164 valence electrons. The monoisotopic (exact) mass is 418 g/mol. The second-order valence-electron chi connectivity index (χ2n) is 7.42. The number of carbonyl (C=O) groups is 1. The molecule has 0 aliphatic carbocycles. The quantitative estimate of drug-likeness (QED) is 0.531. The maximum atomic E-state index is 12.7. The van der Waals surface area contributed by atoms with E-state index in [4.69, 9.17) is 19.0 Å². The molecule has 2 heterocycles. The largest absolute Gasteiger partial charge is 0.491 e. The van der Waals surface area contributed by atoms with Crippen LogP contribution in [0.5, 0.6) is 5.75 Å². The van der Waals surface area contributed by atoms with Gasteiger partial charge in [0, 0.05) is 19.2 Å². The standard InChI is InChI=1S/C22H30N2O6/c1-28-11-12-29-17-6-4-16(5-7-17)22(27)23-20-14-24(10-2-3-21(20)26)13-18-8-9-19(15-25)30-18/h4-9,20-21,25-26H,2-3,10-15H2,1H3,(H,23,27). The van der Waals surface area contributed by atoms with Crippen LogP contribution in [0.15, 0.2) is 40.8 Å². The van der Waals surface area contributed by atoms with Crippen molar-refractivity contribution in [2.24, 2.45) is 0 Å². The fraction of sp³-hybridized carbons (Fsp3) is 0.500. The third kappa shape index (κ3) is 6.30. The molecule has 2 aromatic rings. The smallest absolute Gasteiger partial charge is 0.251 e. The number of carbonyl (C=O) groups excluding carboxylic acids is 1. The van der Waals surface area contributed by atoms with E-state index in [1.807, 2.05) is 6.07 Å². The van der Waals surface area contributed by atoms with Gasteiger partial charge in [-0.15, -0.1) is 0 Å². The van der Waals surface area contributed by atoms with Crippen molar-refractivity contribution >= 4 is 5.91 Å². The molecule has 2 atom stereocenters. The van der Waals surface area contributed by atoms with Gasteiger partial charge in [-0.25, -0.2) is 0 Å². The zero-order chi connectivity index (χ0) is 21.3. The Morgan fingerprint density at radius 1 is 1.20 bits per heavy atom.